The van der Waals surface area contributed by atoms with Gasteiger partial charge < -0.3 is 28.4 Å². The number of hydrogen-bond acceptors (Lipinski definition) is 3. The Hall–Kier alpha value is -6.28. The molecule has 9 heteroatoms. The summed E-state index contributed by atoms with van der Waals surface area (Å²) in [4.78, 5) is 8.19. The predicted molar refractivity (Wildman–Crippen MR) is 222 cm³/mol. The monoisotopic (exact) mass is 922 g/mol. The fourth-order valence-corrected chi connectivity index (χ4v) is 7.01. The number of rotatable bonds is 3. The van der Waals surface area contributed by atoms with Crippen molar-refractivity contribution in [1.29, 1.82) is 0 Å². The molecule has 0 saturated heterocycles. The molecule has 10 aromatic rings. The minimum absolute atomic E-state index is 0. The molecule has 8 nitrogen and oxygen atoms in total. The molecular formula is C48H41IrN8-3. The van der Waals surface area contributed by atoms with Crippen molar-refractivity contribution in [3.63, 3.8) is 0 Å². The SMILES string of the molecule is Cc1c(C)[n+](C)[c-]n1-c1[c-]c2ccccc2c2ccccc12.Cc1c(C)[n+](C)[c-]n1-c1[c-]c2ccccc2c2ccccc12.Cc1n[n-]c(-c2ccccn2)n1.[Ir]. The molecule has 0 fully saturated rings. The maximum absolute atomic E-state index is 4.10. The second-order valence-electron chi connectivity index (χ2n) is 13.9. The van der Waals surface area contributed by atoms with Gasteiger partial charge in [0, 0.05) is 54.9 Å². The van der Waals surface area contributed by atoms with Crippen LogP contribution in [-0.4, -0.2) is 24.2 Å². The van der Waals surface area contributed by atoms with Crippen LogP contribution in [0.25, 0.3) is 66.0 Å². The molecule has 1 radical (unpaired) electrons. The van der Waals surface area contributed by atoms with Crippen molar-refractivity contribution in [2.75, 3.05) is 0 Å². The first-order chi connectivity index (χ1) is 27.2. The summed E-state index contributed by atoms with van der Waals surface area (Å²) in [6.07, 6.45) is 8.48. The average Bonchev–Trinajstić information content (AvgIpc) is 3.88. The maximum Gasteiger partial charge on any atom is 0.242 e. The van der Waals surface area contributed by atoms with Crippen molar-refractivity contribution in [1.82, 2.24) is 29.3 Å². The van der Waals surface area contributed by atoms with Gasteiger partial charge in [-0.15, -0.1) is 70.1 Å². The van der Waals surface area contributed by atoms with Crippen LogP contribution in [-0.2, 0) is 34.2 Å². The fourth-order valence-electron chi connectivity index (χ4n) is 7.01. The van der Waals surface area contributed by atoms with Gasteiger partial charge in [0.15, 0.2) is 0 Å². The number of fused-ring (bicyclic) bond motifs is 6. The summed E-state index contributed by atoms with van der Waals surface area (Å²) in [6.45, 7) is 10.3. The van der Waals surface area contributed by atoms with Gasteiger partial charge in [-0.1, -0.05) is 88.3 Å². The van der Waals surface area contributed by atoms with Crippen molar-refractivity contribution in [3.05, 3.63) is 175 Å². The van der Waals surface area contributed by atoms with Gasteiger partial charge in [0.2, 0.25) is 12.7 Å². The van der Waals surface area contributed by atoms with E-state index in [9.17, 15) is 0 Å². The molecular weight excluding hydrogens is 881 g/mol. The minimum Gasteiger partial charge on any atom is -0.421 e. The van der Waals surface area contributed by atoms with E-state index in [2.05, 4.69) is 179 Å². The van der Waals surface area contributed by atoms with E-state index < -0.39 is 0 Å². The Kier molecular flexibility index (Phi) is 11.2. The van der Waals surface area contributed by atoms with Crippen molar-refractivity contribution >= 4 is 43.1 Å². The van der Waals surface area contributed by atoms with Crippen LogP contribution in [0, 0.1) is 59.4 Å². The molecule has 0 amide bonds. The van der Waals surface area contributed by atoms with Crippen molar-refractivity contribution < 1.29 is 29.2 Å². The first-order valence-corrected chi connectivity index (χ1v) is 18.6. The summed E-state index contributed by atoms with van der Waals surface area (Å²) in [5.74, 6) is 1.27. The van der Waals surface area contributed by atoms with Crippen molar-refractivity contribution in [2.45, 2.75) is 34.6 Å². The van der Waals surface area contributed by atoms with Gasteiger partial charge in [-0.2, -0.15) is 0 Å². The average molecular weight is 922 g/mol. The first kappa shape index (κ1) is 39.0. The molecule has 0 N–H and O–H groups in total. The number of aromatic nitrogens is 8. The summed E-state index contributed by atoms with van der Waals surface area (Å²) in [6, 6.07) is 46.7. The van der Waals surface area contributed by atoms with Crippen LogP contribution in [0.3, 0.4) is 0 Å². The normalized spacial score (nSPS) is 10.9. The van der Waals surface area contributed by atoms with Crippen LogP contribution in [0.4, 0.5) is 0 Å². The van der Waals surface area contributed by atoms with Gasteiger partial charge in [-0.05, 0) is 64.0 Å². The molecule has 6 aromatic carbocycles. The van der Waals surface area contributed by atoms with Crippen LogP contribution in [0.1, 0.15) is 28.6 Å². The number of imidazole rings is 2. The van der Waals surface area contributed by atoms with E-state index in [1.807, 2.05) is 41.4 Å². The summed E-state index contributed by atoms with van der Waals surface area (Å²) in [5.41, 5.74) is 7.71. The summed E-state index contributed by atoms with van der Waals surface area (Å²) in [7, 11) is 4.06. The minimum atomic E-state index is 0. The Labute approximate surface area is 346 Å². The van der Waals surface area contributed by atoms with E-state index in [1.165, 1.54) is 55.1 Å². The molecule has 4 heterocycles. The molecule has 0 aliphatic heterocycles. The molecule has 57 heavy (non-hydrogen) atoms. The number of pyridine rings is 1. The molecule has 0 aliphatic carbocycles. The van der Waals surface area contributed by atoms with Gasteiger partial charge in [-0.25, -0.2) is 0 Å². The van der Waals surface area contributed by atoms with Gasteiger partial charge >= 0.3 is 0 Å². The molecule has 0 unspecified atom stereocenters. The Morgan fingerprint density at radius 1 is 0.526 bits per heavy atom. The maximum atomic E-state index is 4.10. The molecule has 10 rings (SSSR count). The molecule has 4 aromatic heterocycles. The molecule has 285 valence electrons. The third-order valence-corrected chi connectivity index (χ3v) is 10.4. The predicted octanol–water partition coefficient (Wildman–Crippen LogP) is 8.45. The van der Waals surface area contributed by atoms with Crippen LogP contribution < -0.4 is 14.2 Å². The Morgan fingerprint density at radius 3 is 1.33 bits per heavy atom. The molecule has 0 aliphatic rings. The van der Waals surface area contributed by atoms with Crippen molar-refractivity contribution in [2.24, 2.45) is 14.1 Å². The van der Waals surface area contributed by atoms with Gasteiger partial charge in [-0.3, -0.25) is 10.1 Å². The molecule has 0 atom stereocenters. The summed E-state index contributed by atoms with van der Waals surface area (Å²) < 4.78 is 8.30. The van der Waals surface area contributed by atoms with Crippen LogP contribution in [0.5, 0.6) is 0 Å². The number of nitrogens with zero attached hydrogens (tertiary/aromatic N) is 8. The zero-order valence-electron chi connectivity index (χ0n) is 33.0. The second-order valence-corrected chi connectivity index (χ2v) is 13.9. The number of hydrogen-bond donors (Lipinski definition) is 0. The van der Waals surface area contributed by atoms with E-state index in [1.54, 1.807) is 13.1 Å². The Bertz CT molecular complexity index is 2840. The van der Waals surface area contributed by atoms with E-state index in [-0.39, 0.29) is 20.1 Å². The quantitative estimate of drug-likeness (QED) is 0.101. The molecule has 0 bridgehead atoms. The first-order valence-electron chi connectivity index (χ1n) is 18.6. The van der Waals surface area contributed by atoms with E-state index in [0.29, 0.717) is 11.6 Å². The zero-order chi connectivity index (χ0) is 38.9. The van der Waals surface area contributed by atoms with E-state index in [4.69, 9.17) is 0 Å². The van der Waals surface area contributed by atoms with Crippen molar-refractivity contribution in [3.8, 4) is 22.9 Å². The largest absolute Gasteiger partial charge is 0.421 e. The zero-order valence-corrected chi connectivity index (χ0v) is 35.4. The molecule has 0 spiro atoms. The summed E-state index contributed by atoms with van der Waals surface area (Å²) >= 11 is 0. The molecule has 0 saturated carbocycles. The topological polar surface area (TPSA) is 70.4 Å². The van der Waals surface area contributed by atoms with Gasteiger partial charge in [0.25, 0.3) is 0 Å². The second kappa shape index (κ2) is 16.4. The van der Waals surface area contributed by atoms with E-state index in [0.717, 1.165) is 27.8 Å². The number of aryl methyl sites for hydroxylation is 3. The van der Waals surface area contributed by atoms with Crippen LogP contribution in [0.15, 0.2) is 121 Å². The Balaban J connectivity index is 0.000000135. The third-order valence-electron chi connectivity index (χ3n) is 10.4. The fraction of sp³-hybridized carbons (Fsp3) is 0.146. The standard InChI is InChI=1S/2C20H17N2.C8H7N4.Ir/c2*1-14-15(2)22(13-21(14)3)20-12-16-8-4-5-9-17(16)18-10-6-7-11-19(18)20;1-6-10-8(12-11-6)7-4-2-3-5-9-7;/h2*4-11H,1-3H3;2-5H,1H3;/q3*-1;. The van der Waals surface area contributed by atoms with E-state index >= 15 is 0 Å². The van der Waals surface area contributed by atoms with Crippen LogP contribution >= 0.6 is 0 Å². The number of benzene rings is 6. The van der Waals surface area contributed by atoms with Gasteiger partial charge in [0.1, 0.15) is 0 Å². The Morgan fingerprint density at radius 2 is 0.947 bits per heavy atom. The van der Waals surface area contributed by atoms with Crippen LogP contribution in [0.2, 0.25) is 0 Å². The third kappa shape index (κ3) is 7.52. The van der Waals surface area contributed by atoms with Gasteiger partial charge in [0.05, 0.1) is 19.8 Å². The smallest absolute Gasteiger partial charge is 0.242 e. The summed E-state index contributed by atoms with van der Waals surface area (Å²) in [5, 5.41) is 17.3.